The molecule has 1 amide bonds. The lowest BCUT2D eigenvalue weighted by atomic mass is 10.00. The molecule has 0 atom stereocenters. The van der Waals surface area contributed by atoms with E-state index in [2.05, 4.69) is 50.1 Å². The molecule has 4 aromatic rings. The molecule has 1 aliphatic heterocycles. The van der Waals surface area contributed by atoms with Gasteiger partial charge < -0.3 is 10.6 Å². The average Bonchev–Trinajstić information content (AvgIpc) is 3.51. The summed E-state index contributed by atoms with van der Waals surface area (Å²) in [6.45, 7) is 6.31. The van der Waals surface area contributed by atoms with Crippen LogP contribution in [0, 0.1) is 6.92 Å². The summed E-state index contributed by atoms with van der Waals surface area (Å²) in [5.41, 5.74) is 6.06. The number of hydrogen-bond donors (Lipinski definition) is 2. The van der Waals surface area contributed by atoms with Crippen LogP contribution in [0.4, 0.5) is 11.4 Å². The van der Waals surface area contributed by atoms with E-state index < -0.39 is 0 Å². The minimum atomic E-state index is -0.0979. The van der Waals surface area contributed by atoms with Crippen molar-refractivity contribution in [3.63, 3.8) is 0 Å². The maximum absolute atomic E-state index is 12.6. The molecule has 0 radical (unpaired) electrons. The maximum atomic E-state index is 12.6. The van der Waals surface area contributed by atoms with Crippen LogP contribution in [0.25, 0.3) is 0 Å². The molecule has 0 fully saturated rings. The third-order valence-corrected chi connectivity index (χ3v) is 7.03. The summed E-state index contributed by atoms with van der Waals surface area (Å²) in [7, 11) is 0. The monoisotopic (exact) mass is 472 g/mol. The van der Waals surface area contributed by atoms with E-state index in [1.165, 1.54) is 11.1 Å². The standard InChI is InChI=1S/C26H28N6OS/c1-19-23(11-15-34-19)26(33)28-25-9-5-4-8-24(25)27-16-22-18-32(30-29-22)14-13-31-12-10-20-6-2-3-7-21(20)17-31/h2-9,11,15,18,27H,10,12-14,16-17H2,1H3,(H,28,33). The predicted molar refractivity (Wildman–Crippen MR) is 136 cm³/mol. The van der Waals surface area contributed by atoms with E-state index in [1.54, 1.807) is 11.3 Å². The number of nitrogens with zero attached hydrogens (tertiary/aromatic N) is 4. The van der Waals surface area contributed by atoms with Gasteiger partial charge in [0.25, 0.3) is 5.91 Å². The van der Waals surface area contributed by atoms with Crippen LogP contribution in [0.15, 0.2) is 66.2 Å². The Bertz CT molecular complexity index is 1280. The highest BCUT2D eigenvalue weighted by Crippen LogP contribution is 2.24. The molecule has 0 spiro atoms. The van der Waals surface area contributed by atoms with Gasteiger partial charge in [0, 0.05) is 24.5 Å². The topological polar surface area (TPSA) is 75.1 Å². The first-order chi connectivity index (χ1) is 16.7. The molecule has 1 aliphatic rings. The molecule has 0 saturated carbocycles. The summed E-state index contributed by atoms with van der Waals surface area (Å²) in [5.74, 6) is -0.0979. The molecule has 2 aromatic carbocycles. The summed E-state index contributed by atoms with van der Waals surface area (Å²) >= 11 is 1.57. The van der Waals surface area contributed by atoms with Crippen LogP contribution in [0.2, 0.25) is 0 Å². The fourth-order valence-electron chi connectivity index (χ4n) is 4.26. The Kier molecular flexibility index (Phi) is 6.69. The number of fused-ring (bicyclic) bond motifs is 1. The van der Waals surface area contributed by atoms with Crippen molar-refractivity contribution >= 4 is 28.6 Å². The van der Waals surface area contributed by atoms with E-state index in [0.717, 1.165) is 54.5 Å². The maximum Gasteiger partial charge on any atom is 0.256 e. The van der Waals surface area contributed by atoms with Crippen molar-refractivity contribution in [3.05, 3.63) is 93.4 Å². The quantitative estimate of drug-likeness (QED) is 0.393. The first-order valence-corrected chi connectivity index (χ1v) is 12.4. The number of rotatable bonds is 8. The molecule has 0 unspecified atom stereocenters. The second kappa shape index (κ2) is 10.2. The molecule has 174 valence electrons. The van der Waals surface area contributed by atoms with Gasteiger partial charge in [0.2, 0.25) is 0 Å². The smallest absolute Gasteiger partial charge is 0.256 e. The predicted octanol–water partition coefficient (Wildman–Crippen LogP) is 4.57. The Hall–Kier alpha value is -3.49. The summed E-state index contributed by atoms with van der Waals surface area (Å²) in [6.07, 6.45) is 3.09. The zero-order valence-electron chi connectivity index (χ0n) is 19.2. The Balaban J connectivity index is 1.15. The van der Waals surface area contributed by atoms with Crippen molar-refractivity contribution in [1.82, 2.24) is 19.9 Å². The van der Waals surface area contributed by atoms with Crippen LogP contribution in [0.5, 0.6) is 0 Å². The number of nitrogens with one attached hydrogen (secondary N) is 2. The Morgan fingerprint density at radius 2 is 1.82 bits per heavy atom. The number of carbonyl (C=O) groups is 1. The molecule has 8 heteroatoms. The van der Waals surface area contributed by atoms with Gasteiger partial charge in [-0.3, -0.25) is 14.4 Å². The Morgan fingerprint density at radius 1 is 1.03 bits per heavy atom. The second-order valence-electron chi connectivity index (χ2n) is 8.51. The van der Waals surface area contributed by atoms with Crippen molar-refractivity contribution in [2.45, 2.75) is 33.0 Å². The lowest BCUT2D eigenvalue weighted by Gasteiger charge is -2.28. The third kappa shape index (κ3) is 5.18. The van der Waals surface area contributed by atoms with E-state index in [1.807, 2.05) is 53.5 Å². The molecule has 0 bridgehead atoms. The van der Waals surface area contributed by atoms with Crippen LogP contribution in [0.1, 0.15) is 32.1 Å². The molecular weight excluding hydrogens is 444 g/mol. The summed E-state index contributed by atoms with van der Waals surface area (Å²) in [5, 5.41) is 17.0. The van der Waals surface area contributed by atoms with Gasteiger partial charge >= 0.3 is 0 Å². The van der Waals surface area contributed by atoms with Crippen molar-refractivity contribution in [3.8, 4) is 0 Å². The van der Waals surface area contributed by atoms with Gasteiger partial charge in [-0.1, -0.05) is 41.6 Å². The van der Waals surface area contributed by atoms with Crippen LogP contribution >= 0.6 is 11.3 Å². The number of anilines is 2. The third-order valence-electron chi connectivity index (χ3n) is 6.18. The molecule has 34 heavy (non-hydrogen) atoms. The number of amides is 1. The van der Waals surface area contributed by atoms with E-state index >= 15 is 0 Å². The number of carbonyl (C=O) groups excluding carboxylic acids is 1. The SMILES string of the molecule is Cc1sccc1C(=O)Nc1ccccc1NCc1cn(CCN2CCc3ccccc3C2)nn1. The molecule has 5 rings (SSSR count). The molecule has 0 aliphatic carbocycles. The summed E-state index contributed by atoms with van der Waals surface area (Å²) in [4.78, 5) is 16.1. The minimum absolute atomic E-state index is 0.0979. The second-order valence-corrected chi connectivity index (χ2v) is 9.63. The van der Waals surface area contributed by atoms with E-state index in [4.69, 9.17) is 0 Å². The Morgan fingerprint density at radius 3 is 2.65 bits per heavy atom. The number of aryl methyl sites for hydroxylation is 1. The van der Waals surface area contributed by atoms with E-state index in [-0.39, 0.29) is 5.91 Å². The number of hydrogen-bond acceptors (Lipinski definition) is 6. The number of para-hydroxylation sites is 2. The highest BCUT2D eigenvalue weighted by atomic mass is 32.1. The van der Waals surface area contributed by atoms with Crippen LogP contribution in [0.3, 0.4) is 0 Å². The highest BCUT2D eigenvalue weighted by Gasteiger charge is 2.16. The molecule has 2 aromatic heterocycles. The molecule has 0 saturated heterocycles. The number of thiophene rings is 1. The molecule has 3 heterocycles. The largest absolute Gasteiger partial charge is 0.378 e. The van der Waals surface area contributed by atoms with Crippen molar-refractivity contribution in [2.24, 2.45) is 0 Å². The van der Waals surface area contributed by atoms with Crippen molar-refractivity contribution < 1.29 is 4.79 Å². The van der Waals surface area contributed by atoms with Crippen LogP contribution < -0.4 is 10.6 Å². The van der Waals surface area contributed by atoms with Gasteiger partial charge in [-0.15, -0.1) is 16.4 Å². The number of benzene rings is 2. The summed E-state index contributed by atoms with van der Waals surface area (Å²) < 4.78 is 1.91. The zero-order valence-corrected chi connectivity index (χ0v) is 20.0. The van der Waals surface area contributed by atoms with Gasteiger partial charge in [0.15, 0.2) is 0 Å². The van der Waals surface area contributed by atoms with Crippen molar-refractivity contribution in [1.29, 1.82) is 0 Å². The van der Waals surface area contributed by atoms with Crippen molar-refractivity contribution in [2.75, 3.05) is 23.7 Å². The molecule has 7 nitrogen and oxygen atoms in total. The lowest BCUT2D eigenvalue weighted by Crippen LogP contribution is -2.33. The van der Waals surface area contributed by atoms with Crippen LogP contribution in [-0.2, 0) is 26.1 Å². The fourth-order valence-corrected chi connectivity index (χ4v) is 4.96. The normalized spacial score (nSPS) is 13.4. The minimum Gasteiger partial charge on any atom is -0.378 e. The molecular formula is C26H28N6OS. The average molecular weight is 473 g/mol. The van der Waals surface area contributed by atoms with Gasteiger partial charge in [-0.2, -0.15) is 0 Å². The zero-order chi connectivity index (χ0) is 23.3. The highest BCUT2D eigenvalue weighted by molar-refractivity contribution is 7.10. The van der Waals surface area contributed by atoms with Gasteiger partial charge in [0.05, 0.1) is 36.2 Å². The van der Waals surface area contributed by atoms with Gasteiger partial charge in [-0.05, 0) is 48.1 Å². The van der Waals surface area contributed by atoms with E-state index in [9.17, 15) is 4.79 Å². The number of aromatic nitrogens is 3. The fraction of sp³-hybridized carbons (Fsp3) is 0.269. The molecule has 2 N–H and O–H groups in total. The van der Waals surface area contributed by atoms with Crippen LogP contribution in [-0.4, -0.2) is 38.9 Å². The van der Waals surface area contributed by atoms with E-state index in [0.29, 0.717) is 12.1 Å². The first kappa shape index (κ1) is 22.3. The Labute approximate surface area is 203 Å². The van der Waals surface area contributed by atoms with Gasteiger partial charge in [0.1, 0.15) is 5.69 Å². The summed E-state index contributed by atoms with van der Waals surface area (Å²) in [6, 6.07) is 18.3. The van der Waals surface area contributed by atoms with Gasteiger partial charge in [-0.25, -0.2) is 0 Å². The first-order valence-electron chi connectivity index (χ1n) is 11.5. The lowest BCUT2D eigenvalue weighted by molar-refractivity contribution is 0.102.